The van der Waals surface area contributed by atoms with Gasteiger partial charge in [-0.15, -0.1) is 0 Å². The lowest BCUT2D eigenvalue weighted by molar-refractivity contribution is -0.137. The van der Waals surface area contributed by atoms with E-state index in [9.17, 15) is 13.2 Å². The summed E-state index contributed by atoms with van der Waals surface area (Å²) in [6.45, 7) is 3.66. The predicted octanol–water partition coefficient (Wildman–Crippen LogP) is 2.45. The van der Waals surface area contributed by atoms with Crippen LogP contribution in [0.25, 0.3) is 0 Å². The Morgan fingerprint density at radius 2 is 1.48 bits per heavy atom. The lowest BCUT2D eigenvalue weighted by Crippen LogP contribution is -2.52. The summed E-state index contributed by atoms with van der Waals surface area (Å²) in [5, 5.41) is 0. The predicted molar refractivity (Wildman–Crippen MR) is 126 cm³/mol. The molecule has 1 amide bonds. The molecule has 4 rings (SSSR count). The highest BCUT2D eigenvalue weighted by Gasteiger charge is 2.35. The Morgan fingerprint density at radius 1 is 0.848 bits per heavy atom. The van der Waals surface area contributed by atoms with Gasteiger partial charge in [-0.3, -0.25) is 4.79 Å². The number of hydrogen-bond acceptors (Lipinski definition) is 6. The second-order valence-electron chi connectivity index (χ2n) is 8.34. The lowest BCUT2D eigenvalue weighted by Gasteiger charge is -2.39. The number of rotatable bonds is 6. The van der Waals surface area contributed by atoms with Crippen LogP contribution in [-0.2, 0) is 14.8 Å². The van der Waals surface area contributed by atoms with E-state index in [2.05, 4.69) is 17.0 Å². The maximum Gasteiger partial charge on any atom is 0.243 e. The summed E-state index contributed by atoms with van der Waals surface area (Å²) >= 11 is 0. The highest BCUT2D eigenvalue weighted by molar-refractivity contribution is 7.89. The van der Waals surface area contributed by atoms with Crippen LogP contribution in [0.5, 0.6) is 11.5 Å². The fraction of sp³-hybridized carbons (Fsp3) is 0.458. The summed E-state index contributed by atoms with van der Waals surface area (Å²) in [6.07, 6.45) is 1.06. The Kier molecular flexibility index (Phi) is 7.09. The van der Waals surface area contributed by atoms with Crippen LogP contribution in [0.2, 0.25) is 0 Å². The second-order valence-corrected chi connectivity index (χ2v) is 10.3. The summed E-state index contributed by atoms with van der Waals surface area (Å²) in [7, 11) is -0.679. The SMILES string of the molecule is COc1ccc(S(=O)(=O)N2CCC(C(=O)N3CCN(c4ccccc4)CC3)CC2)cc1OC. The number of methoxy groups -OCH3 is 2. The molecule has 2 aliphatic rings. The van der Waals surface area contributed by atoms with Gasteiger partial charge in [0.1, 0.15) is 0 Å². The molecule has 2 aromatic carbocycles. The number of ether oxygens (including phenoxy) is 2. The van der Waals surface area contributed by atoms with Crippen LogP contribution in [0.1, 0.15) is 12.8 Å². The molecule has 2 aliphatic heterocycles. The maximum absolute atomic E-state index is 13.1. The third kappa shape index (κ3) is 4.94. The van der Waals surface area contributed by atoms with Gasteiger partial charge in [0.05, 0.1) is 19.1 Å². The third-order valence-corrected chi connectivity index (χ3v) is 8.40. The number of piperidine rings is 1. The zero-order valence-electron chi connectivity index (χ0n) is 19.1. The van der Waals surface area contributed by atoms with Gasteiger partial charge in [-0.25, -0.2) is 8.42 Å². The van der Waals surface area contributed by atoms with Crippen LogP contribution < -0.4 is 14.4 Å². The first-order valence-corrected chi connectivity index (χ1v) is 12.7. The number of sulfonamides is 1. The number of carbonyl (C=O) groups excluding carboxylic acids is 1. The van der Waals surface area contributed by atoms with Gasteiger partial charge in [-0.1, -0.05) is 18.2 Å². The van der Waals surface area contributed by atoms with Gasteiger partial charge in [0.15, 0.2) is 11.5 Å². The summed E-state index contributed by atoms with van der Waals surface area (Å²) in [6, 6.07) is 14.8. The first kappa shape index (κ1) is 23.4. The van der Waals surface area contributed by atoms with Crippen LogP contribution in [0.15, 0.2) is 53.4 Å². The zero-order valence-corrected chi connectivity index (χ0v) is 20.0. The van der Waals surface area contributed by atoms with Crippen LogP contribution in [0.3, 0.4) is 0 Å². The number of para-hydroxylation sites is 1. The summed E-state index contributed by atoms with van der Waals surface area (Å²) in [5.41, 5.74) is 1.18. The molecule has 8 nitrogen and oxygen atoms in total. The van der Waals surface area contributed by atoms with Crippen molar-refractivity contribution < 1.29 is 22.7 Å². The Balaban J connectivity index is 1.33. The van der Waals surface area contributed by atoms with Gasteiger partial charge >= 0.3 is 0 Å². The molecule has 0 unspecified atom stereocenters. The molecule has 2 aromatic rings. The molecular weight excluding hydrogens is 442 g/mol. The van der Waals surface area contributed by atoms with Gasteiger partial charge in [0.2, 0.25) is 15.9 Å². The monoisotopic (exact) mass is 473 g/mol. The van der Waals surface area contributed by atoms with E-state index in [4.69, 9.17) is 9.47 Å². The molecule has 0 aliphatic carbocycles. The van der Waals surface area contributed by atoms with E-state index in [0.717, 1.165) is 13.1 Å². The average molecular weight is 474 g/mol. The standard InChI is InChI=1S/C24H31N3O5S/c1-31-22-9-8-21(18-23(22)32-2)33(29,30)27-12-10-19(11-13-27)24(28)26-16-14-25(15-17-26)20-6-4-3-5-7-20/h3-9,18-19H,10-17H2,1-2H3. The van der Waals surface area contributed by atoms with E-state index in [1.165, 1.54) is 36.3 Å². The van der Waals surface area contributed by atoms with Gasteiger partial charge in [-0.2, -0.15) is 4.31 Å². The number of nitrogens with zero attached hydrogens (tertiary/aromatic N) is 3. The summed E-state index contributed by atoms with van der Waals surface area (Å²) < 4.78 is 38.2. The minimum absolute atomic E-state index is 0.134. The largest absolute Gasteiger partial charge is 0.493 e. The topological polar surface area (TPSA) is 79.4 Å². The Morgan fingerprint density at radius 3 is 2.09 bits per heavy atom. The number of anilines is 1. The first-order valence-electron chi connectivity index (χ1n) is 11.2. The molecule has 2 saturated heterocycles. The van der Waals surface area contributed by atoms with Crippen molar-refractivity contribution in [3.05, 3.63) is 48.5 Å². The molecular formula is C24H31N3O5S. The van der Waals surface area contributed by atoms with E-state index in [1.807, 2.05) is 23.1 Å². The number of piperazine rings is 1. The van der Waals surface area contributed by atoms with Crippen molar-refractivity contribution in [1.29, 1.82) is 0 Å². The normalized spacial score (nSPS) is 18.2. The Labute approximate surface area is 195 Å². The van der Waals surface area contributed by atoms with Gasteiger partial charge in [0, 0.05) is 56.9 Å². The number of amides is 1. The van der Waals surface area contributed by atoms with E-state index in [-0.39, 0.29) is 16.7 Å². The van der Waals surface area contributed by atoms with E-state index < -0.39 is 10.0 Å². The van der Waals surface area contributed by atoms with Crippen LogP contribution >= 0.6 is 0 Å². The zero-order chi connectivity index (χ0) is 23.4. The molecule has 178 valence electrons. The second kappa shape index (κ2) is 10.0. The molecule has 0 bridgehead atoms. The molecule has 33 heavy (non-hydrogen) atoms. The highest BCUT2D eigenvalue weighted by Crippen LogP contribution is 2.32. The van der Waals surface area contributed by atoms with E-state index in [0.29, 0.717) is 50.5 Å². The number of carbonyl (C=O) groups is 1. The van der Waals surface area contributed by atoms with Crippen molar-refractivity contribution in [2.24, 2.45) is 5.92 Å². The van der Waals surface area contributed by atoms with Crippen molar-refractivity contribution >= 4 is 21.6 Å². The molecule has 0 N–H and O–H groups in total. The lowest BCUT2D eigenvalue weighted by atomic mass is 9.96. The smallest absolute Gasteiger partial charge is 0.243 e. The minimum atomic E-state index is -3.67. The van der Waals surface area contributed by atoms with Crippen LogP contribution in [0, 0.1) is 5.92 Å². The molecule has 9 heteroatoms. The quantitative estimate of drug-likeness (QED) is 0.641. The maximum atomic E-state index is 13.1. The molecule has 0 saturated carbocycles. The van der Waals surface area contributed by atoms with Crippen molar-refractivity contribution in [3.63, 3.8) is 0 Å². The third-order valence-electron chi connectivity index (χ3n) is 6.51. The fourth-order valence-electron chi connectivity index (χ4n) is 4.55. The van der Waals surface area contributed by atoms with Crippen molar-refractivity contribution in [2.75, 3.05) is 58.4 Å². The van der Waals surface area contributed by atoms with Crippen LogP contribution in [-0.4, -0.2) is 77.0 Å². The summed E-state index contributed by atoms with van der Waals surface area (Å²) in [4.78, 5) is 17.5. The summed E-state index contributed by atoms with van der Waals surface area (Å²) in [5.74, 6) is 0.863. The van der Waals surface area contributed by atoms with Gasteiger partial charge in [-0.05, 0) is 37.1 Å². The number of hydrogen-bond donors (Lipinski definition) is 0. The fourth-order valence-corrected chi connectivity index (χ4v) is 6.04. The molecule has 0 aromatic heterocycles. The van der Waals surface area contributed by atoms with E-state index >= 15 is 0 Å². The van der Waals surface area contributed by atoms with Crippen molar-refractivity contribution in [1.82, 2.24) is 9.21 Å². The highest BCUT2D eigenvalue weighted by atomic mass is 32.2. The van der Waals surface area contributed by atoms with Crippen molar-refractivity contribution in [3.8, 4) is 11.5 Å². The molecule has 0 radical (unpaired) electrons. The minimum Gasteiger partial charge on any atom is -0.493 e. The molecule has 0 spiro atoms. The number of benzene rings is 2. The van der Waals surface area contributed by atoms with Gasteiger partial charge in [0.25, 0.3) is 0 Å². The molecule has 2 fully saturated rings. The van der Waals surface area contributed by atoms with Crippen molar-refractivity contribution in [2.45, 2.75) is 17.7 Å². The van der Waals surface area contributed by atoms with Crippen LogP contribution in [0.4, 0.5) is 5.69 Å². The average Bonchev–Trinajstić information content (AvgIpc) is 2.88. The molecule has 2 heterocycles. The first-order chi connectivity index (χ1) is 15.9. The van der Waals surface area contributed by atoms with E-state index in [1.54, 1.807) is 6.07 Å². The molecule has 0 atom stereocenters. The Hall–Kier alpha value is -2.78. The Bertz CT molecular complexity index is 1060. The van der Waals surface area contributed by atoms with Gasteiger partial charge < -0.3 is 19.3 Å².